The van der Waals surface area contributed by atoms with Crippen molar-refractivity contribution in [1.29, 1.82) is 0 Å². The number of hydrogen-bond donors (Lipinski definition) is 1. The summed E-state index contributed by atoms with van der Waals surface area (Å²) in [6.07, 6.45) is 1.39. The van der Waals surface area contributed by atoms with Crippen molar-refractivity contribution < 1.29 is 13.3 Å². The van der Waals surface area contributed by atoms with Gasteiger partial charge in [-0.1, -0.05) is 0 Å². The lowest BCUT2D eigenvalue weighted by Crippen LogP contribution is -2.35. The molecule has 1 saturated heterocycles. The van der Waals surface area contributed by atoms with Crippen molar-refractivity contribution in [2.75, 3.05) is 16.8 Å². The number of pyridine rings is 1. The molecule has 0 aliphatic carbocycles. The maximum atomic E-state index is 11.5. The third-order valence-electron chi connectivity index (χ3n) is 3.07. The van der Waals surface area contributed by atoms with Crippen LogP contribution in [0.25, 0.3) is 0 Å². The molecule has 2 rings (SSSR count). The largest absolute Gasteiger partial charge is 0.366 e. The maximum absolute atomic E-state index is 11.5. The predicted octanol–water partition coefficient (Wildman–Crippen LogP) is 1.29. The van der Waals surface area contributed by atoms with Crippen LogP contribution in [0.4, 0.5) is 11.5 Å². The zero-order chi connectivity index (χ0) is 14.0. The van der Waals surface area contributed by atoms with Gasteiger partial charge in [-0.25, -0.2) is 13.4 Å². The quantitative estimate of drug-likeness (QED) is 0.663. The first-order valence-electron chi connectivity index (χ1n) is 5.96. The highest BCUT2D eigenvalue weighted by atomic mass is 32.2. The fourth-order valence-corrected chi connectivity index (χ4v) is 3.81. The summed E-state index contributed by atoms with van der Waals surface area (Å²) in [6.45, 7) is 1.56. The molecule has 19 heavy (non-hydrogen) atoms. The molecule has 1 aromatic heterocycles. The van der Waals surface area contributed by atoms with Gasteiger partial charge in [0.2, 0.25) is 0 Å². The van der Waals surface area contributed by atoms with E-state index in [0.29, 0.717) is 17.9 Å². The number of anilines is 1. The van der Waals surface area contributed by atoms with Crippen molar-refractivity contribution in [1.82, 2.24) is 4.98 Å². The first-order valence-corrected chi connectivity index (χ1v) is 7.78. The van der Waals surface area contributed by atoms with Gasteiger partial charge >= 0.3 is 0 Å². The van der Waals surface area contributed by atoms with Crippen LogP contribution in [0.15, 0.2) is 12.1 Å². The molecule has 0 amide bonds. The number of nitrogens with zero attached hydrogens (tertiary/aromatic N) is 2. The first kappa shape index (κ1) is 13.7. The van der Waals surface area contributed by atoms with E-state index in [2.05, 4.69) is 10.3 Å². The van der Waals surface area contributed by atoms with Crippen LogP contribution in [-0.4, -0.2) is 35.9 Å². The number of nitrogens with one attached hydrogen (secondary N) is 1. The number of aromatic nitrogens is 1. The molecule has 1 N–H and O–H groups in total. The van der Waals surface area contributed by atoms with E-state index in [1.54, 1.807) is 6.92 Å². The second-order valence-corrected chi connectivity index (χ2v) is 6.88. The number of rotatable bonds is 3. The van der Waals surface area contributed by atoms with E-state index in [9.17, 15) is 18.5 Å². The first-order chi connectivity index (χ1) is 8.87. The number of aryl methyl sites for hydroxylation is 1. The van der Waals surface area contributed by atoms with E-state index < -0.39 is 14.8 Å². The van der Waals surface area contributed by atoms with E-state index in [4.69, 9.17) is 0 Å². The summed E-state index contributed by atoms with van der Waals surface area (Å²) in [4.78, 5) is 14.3. The van der Waals surface area contributed by atoms with E-state index in [1.165, 1.54) is 12.1 Å². The minimum atomic E-state index is -2.98. The van der Waals surface area contributed by atoms with Crippen LogP contribution in [-0.2, 0) is 9.84 Å². The highest BCUT2D eigenvalue weighted by Gasteiger charge is 2.25. The molecule has 0 bridgehead atoms. The molecular formula is C11H15N3O4S. The van der Waals surface area contributed by atoms with E-state index in [0.717, 1.165) is 6.42 Å². The number of nitro groups is 1. The van der Waals surface area contributed by atoms with Crippen LogP contribution in [0.3, 0.4) is 0 Å². The van der Waals surface area contributed by atoms with Gasteiger partial charge in [0.05, 0.1) is 16.4 Å². The van der Waals surface area contributed by atoms with Gasteiger partial charge in [0.1, 0.15) is 11.5 Å². The molecule has 104 valence electrons. The molecule has 0 radical (unpaired) electrons. The number of hydrogen-bond acceptors (Lipinski definition) is 6. The van der Waals surface area contributed by atoms with Crippen molar-refractivity contribution >= 4 is 21.3 Å². The Labute approximate surface area is 111 Å². The van der Waals surface area contributed by atoms with Crippen molar-refractivity contribution in [3.8, 4) is 0 Å². The Balaban J connectivity index is 2.11. The molecule has 2 heterocycles. The third-order valence-corrected chi connectivity index (χ3v) is 4.89. The van der Waals surface area contributed by atoms with Crippen molar-refractivity contribution in [3.63, 3.8) is 0 Å². The molecule has 0 aromatic carbocycles. The summed E-state index contributed by atoms with van der Waals surface area (Å²) < 4.78 is 23.0. The lowest BCUT2D eigenvalue weighted by Gasteiger charge is -2.23. The molecule has 0 spiro atoms. The zero-order valence-corrected chi connectivity index (χ0v) is 11.3. The molecule has 7 nitrogen and oxygen atoms in total. The van der Waals surface area contributed by atoms with Crippen molar-refractivity contribution in [3.05, 3.63) is 27.9 Å². The van der Waals surface area contributed by atoms with Crippen LogP contribution in [0.5, 0.6) is 0 Å². The van der Waals surface area contributed by atoms with Gasteiger partial charge in [-0.05, 0) is 25.8 Å². The molecule has 1 atom stereocenters. The third kappa shape index (κ3) is 3.40. The summed E-state index contributed by atoms with van der Waals surface area (Å²) >= 11 is 0. The SMILES string of the molecule is Cc1nc(NC2CCCS(=O)(=O)C2)ccc1[N+](=O)[O-]. The molecule has 0 saturated carbocycles. The summed E-state index contributed by atoms with van der Waals surface area (Å²) in [6, 6.07) is 2.71. The summed E-state index contributed by atoms with van der Waals surface area (Å²) in [7, 11) is -2.98. The average Bonchev–Trinajstić information content (AvgIpc) is 2.27. The Bertz CT molecular complexity index is 600. The van der Waals surface area contributed by atoms with E-state index in [-0.39, 0.29) is 23.2 Å². The standard InChI is InChI=1S/C11H15N3O4S/c1-8-10(14(15)16)4-5-11(12-8)13-9-3-2-6-19(17,18)7-9/h4-5,9H,2-3,6-7H2,1H3,(H,12,13). The average molecular weight is 285 g/mol. The fourth-order valence-electron chi connectivity index (χ4n) is 2.17. The van der Waals surface area contributed by atoms with Crippen LogP contribution in [0, 0.1) is 17.0 Å². The van der Waals surface area contributed by atoms with Gasteiger partial charge < -0.3 is 5.32 Å². The molecule has 1 fully saturated rings. The zero-order valence-electron chi connectivity index (χ0n) is 10.5. The molecule has 1 aromatic rings. The lowest BCUT2D eigenvalue weighted by atomic mass is 10.2. The monoisotopic (exact) mass is 285 g/mol. The maximum Gasteiger partial charge on any atom is 0.290 e. The van der Waals surface area contributed by atoms with E-state index >= 15 is 0 Å². The second-order valence-electron chi connectivity index (χ2n) is 4.66. The smallest absolute Gasteiger partial charge is 0.290 e. The molecule has 8 heteroatoms. The molecule has 1 aliphatic rings. The van der Waals surface area contributed by atoms with Gasteiger partial charge in [-0.2, -0.15) is 0 Å². The van der Waals surface area contributed by atoms with Crippen LogP contribution >= 0.6 is 0 Å². The minimum absolute atomic E-state index is 0.0400. The Morgan fingerprint density at radius 3 is 2.79 bits per heavy atom. The minimum Gasteiger partial charge on any atom is -0.366 e. The topological polar surface area (TPSA) is 102 Å². The van der Waals surface area contributed by atoms with Gasteiger partial charge in [-0.3, -0.25) is 10.1 Å². The van der Waals surface area contributed by atoms with Crippen molar-refractivity contribution in [2.24, 2.45) is 0 Å². The Morgan fingerprint density at radius 2 is 2.21 bits per heavy atom. The van der Waals surface area contributed by atoms with Crippen LogP contribution in [0.1, 0.15) is 18.5 Å². The molecule has 1 aliphatic heterocycles. The van der Waals surface area contributed by atoms with Gasteiger partial charge in [-0.15, -0.1) is 0 Å². The van der Waals surface area contributed by atoms with Crippen molar-refractivity contribution in [2.45, 2.75) is 25.8 Å². The van der Waals surface area contributed by atoms with Gasteiger partial charge in [0.15, 0.2) is 9.84 Å². The Hall–Kier alpha value is -1.70. The fraction of sp³-hybridized carbons (Fsp3) is 0.545. The van der Waals surface area contributed by atoms with Crippen LogP contribution < -0.4 is 5.32 Å². The highest BCUT2D eigenvalue weighted by Crippen LogP contribution is 2.20. The highest BCUT2D eigenvalue weighted by molar-refractivity contribution is 7.91. The van der Waals surface area contributed by atoms with Crippen LogP contribution in [0.2, 0.25) is 0 Å². The second kappa shape index (κ2) is 5.12. The molecule has 1 unspecified atom stereocenters. The summed E-state index contributed by atoms with van der Waals surface area (Å²) in [5.74, 6) is 0.799. The lowest BCUT2D eigenvalue weighted by molar-refractivity contribution is -0.385. The summed E-state index contributed by atoms with van der Waals surface area (Å²) in [5, 5.41) is 13.7. The Kier molecular flexibility index (Phi) is 3.70. The van der Waals surface area contributed by atoms with Gasteiger partial charge in [0, 0.05) is 12.1 Å². The summed E-state index contributed by atoms with van der Waals surface area (Å²) in [5.41, 5.74) is 0.274. The van der Waals surface area contributed by atoms with Gasteiger partial charge in [0.25, 0.3) is 5.69 Å². The molecular weight excluding hydrogens is 270 g/mol. The predicted molar refractivity (Wildman–Crippen MR) is 70.9 cm³/mol. The normalized spacial score (nSPS) is 21.8. The Morgan fingerprint density at radius 1 is 1.47 bits per heavy atom. The number of sulfone groups is 1. The van der Waals surface area contributed by atoms with E-state index in [1.807, 2.05) is 0 Å².